The standard InChI is InChI=1S/C13H21NO4S2/c1-4-5-6-7-10(3)14-20(17,18)12-9(2)8-19-11(12)13(15)16/h8,10,14H,4-7H2,1-3H3,(H,15,16). The van der Waals surface area contributed by atoms with Crippen LogP contribution in [0.15, 0.2) is 10.3 Å². The van der Waals surface area contributed by atoms with E-state index in [-0.39, 0.29) is 15.8 Å². The molecule has 0 saturated heterocycles. The number of sulfonamides is 1. The van der Waals surface area contributed by atoms with Crippen LogP contribution in [0.1, 0.15) is 54.8 Å². The molecule has 1 aromatic rings. The zero-order chi connectivity index (χ0) is 15.3. The number of thiophene rings is 1. The Kier molecular flexibility index (Phi) is 6.16. The van der Waals surface area contributed by atoms with E-state index in [9.17, 15) is 13.2 Å². The fourth-order valence-corrected chi connectivity index (χ4v) is 4.91. The number of hydrogen-bond acceptors (Lipinski definition) is 4. The van der Waals surface area contributed by atoms with Gasteiger partial charge in [-0.25, -0.2) is 17.9 Å². The first-order valence-electron chi connectivity index (χ1n) is 6.63. The molecule has 0 saturated carbocycles. The first kappa shape index (κ1) is 17.1. The smallest absolute Gasteiger partial charge is 0.347 e. The van der Waals surface area contributed by atoms with E-state index in [0.29, 0.717) is 5.56 Å². The molecule has 5 nitrogen and oxygen atoms in total. The number of carboxylic acid groups (broad SMARTS) is 1. The Balaban J connectivity index is 2.89. The minimum atomic E-state index is -3.78. The van der Waals surface area contributed by atoms with Crippen LogP contribution in [0.25, 0.3) is 0 Å². The highest BCUT2D eigenvalue weighted by atomic mass is 32.2. The molecule has 1 atom stereocenters. The molecule has 0 amide bonds. The zero-order valence-corrected chi connectivity index (χ0v) is 13.6. The summed E-state index contributed by atoms with van der Waals surface area (Å²) in [7, 11) is -3.78. The van der Waals surface area contributed by atoms with Crippen molar-refractivity contribution in [2.24, 2.45) is 0 Å². The molecule has 0 aromatic carbocycles. The number of rotatable bonds is 8. The normalized spacial score (nSPS) is 13.3. The fraction of sp³-hybridized carbons (Fsp3) is 0.615. The third-order valence-corrected chi connectivity index (χ3v) is 5.97. The Morgan fingerprint density at radius 3 is 2.65 bits per heavy atom. The summed E-state index contributed by atoms with van der Waals surface area (Å²) in [4.78, 5) is 10.9. The van der Waals surface area contributed by atoms with Crippen LogP contribution in [0, 0.1) is 6.92 Å². The van der Waals surface area contributed by atoms with Gasteiger partial charge in [-0.2, -0.15) is 0 Å². The number of aryl methyl sites for hydroxylation is 1. The SMILES string of the molecule is CCCCCC(C)NS(=O)(=O)c1c(C)csc1C(=O)O. The van der Waals surface area contributed by atoms with Crippen molar-refractivity contribution in [3.8, 4) is 0 Å². The number of unbranched alkanes of at least 4 members (excludes halogenated alkanes) is 2. The van der Waals surface area contributed by atoms with Crippen LogP contribution in [-0.4, -0.2) is 25.5 Å². The lowest BCUT2D eigenvalue weighted by Gasteiger charge is -2.14. The average Bonchev–Trinajstić information content (AvgIpc) is 2.71. The molecule has 0 bridgehead atoms. The highest BCUT2D eigenvalue weighted by molar-refractivity contribution is 7.89. The summed E-state index contributed by atoms with van der Waals surface area (Å²) in [6.07, 6.45) is 3.84. The second kappa shape index (κ2) is 7.19. The van der Waals surface area contributed by atoms with Crippen molar-refractivity contribution in [2.75, 3.05) is 0 Å². The largest absolute Gasteiger partial charge is 0.477 e. The fourth-order valence-electron chi connectivity index (χ4n) is 2.00. The quantitative estimate of drug-likeness (QED) is 0.721. The Hall–Kier alpha value is -0.920. The predicted octanol–water partition coefficient (Wildman–Crippen LogP) is 3.00. The average molecular weight is 319 g/mol. The number of carbonyl (C=O) groups is 1. The van der Waals surface area contributed by atoms with E-state index in [1.165, 1.54) is 0 Å². The molecule has 1 rings (SSSR count). The minimum absolute atomic E-state index is 0.0997. The lowest BCUT2D eigenvalue weighted by atomic mass is 10.1. The van der Waals surface area contributed by atoms with E-state index in [2.05, 4.69) is 11.6 Å². The van der Waals surface area contributed by atoms with Crippen molar-refractivity contribution in [3.63, 3.8) is 0 Å². The van der Waals surface area contributed by atoms with Gasteiger partial charge in [0.25, 0.3) is 0 Å². The van der Waals surface area contributed by atoms with Gasteiger partial charge in [0.15, 0.2) is 0 Å². The van der Waals surface area contributed by atoms with Crippen LogP contribution in [0.2, 0.25) is 0 Å². The third kappa shape index (κ3) is 4.29. The van der Waals surface area contributed by atoms with Gasteiger partial charge in [-0.05, 0) is 31.2 Å². The van der Waals surface area contributed by atoms with Crippen LogP contribution in [0.5, 0.6) is 0 Å². The number of hydrogen-bond donors (Lipinski definition) is 2. The predicted molar refractivity (Wildman–Crippen MR) is 79.9 cm³/mol. The second-order valence-electron chi connectivity index (χ2n) is 4.90. The van der Waals surface area contributed by atoms with Crippen LogP contribution in [0.4, 0.5) is 0 Å². The number of aromatic carboxylic acids is 1. The monoisotopic (exact) mass is 319 g/mol. The van der Waals surface area contributed by atoms with Crippen molar-refractivity contribution in [3.05, 3.63) is 15.8 Å². The van der Waals surface area contributed by atoms with Gasteiger partial charge in [0.2, 0.25) is 10.0 Å². The summed E-state index contributed by atoms with van der Waals surface area (Å²) >= 11 is 0.941. The van der Waals surface area contributed by atoms with Crippen LogP contribution in [0.3, 0.4) is 0 Å². The highest BCUT2D eigenvalue weighted by Gasteiger charge is 2.27. The van der Waals surface area contributed by atoms with Gasteiger partial charge in [-0.15, -0.1) is 11.3 Å². The Bertz CT molecular complexity index is 563. The first-order chi connectivity index (χ1) is 9.29. The summed E-state index contributed by atoms with van der Waals surface area (Å²) in [6, 6.07) is -0.201. The molecule has 2 N–H and O–H groups in total. The van der Waals surface area contributed by atoms with Crippen molar-refractivity contribution in [1.29, 1.82) is 0 Å². The summed E-state index contributed by atoms with van der Waals surface area (Å²) in [5.41, 5.74) is 0.473. The summed E-state index contributed by atoms with van der Waals surface area (Å²) < 4.78 is 27.2. The molecule has 1 aromatic heterocycles. The molecule has 0 fully saturated rings. The van der Waals surface area contributed by atoms with E-state index in [0.717, 1.165) is 37.0 Å². The Labute approximate surface area is 124 Å². The van der Waals surface area contributed by atoms with E-state index in [1.54, 1.807) is 19.2 Å². The van der Waals surface area contributed by atoms with Crippen LogP contribution in [-0.2, 0) is 10.0 Å². The molecule has 1 unspecified atom stereocenters. The van der Waals surface area contributed by atoms with Crippen molar-refractivity contribution >= 4 is 27.3 Å². The van der Waals surface area contributed by atoms with Crippen molar-refractivity contribution < 1.29 is 18.3 Å². The molecule has 0 spiro atoms. The maximum absolute atomic E-state index is 12.3. The van der Waals surface area contributed by atoms with Gasteiger partial charge in [0, 0.05) is 6.04 Å². The van der Waals surface area contributed by atoms with Gasteiger partial charge in [-0.3, -0.25) is 0 Å². The molecule has 0 aliphatic carbocycles. The van der Waals surface area contributed by atoms with Crippen LogP contribution >= 0.6 is 11.3 Å². The van der Waals surface area contributed by atoms with Gasteiger partial charge in [0.05, 0.1) is 0 Å². The highest BCUT2D eigenvalue weighted by Crippen LogP contribution is 2.27. The Morgan fingerprint density at radius 2 is 2.10 bits per heavy atom. The molecular formula is C13H21NO4S2. The lowest BCUT2D eigenvalue weighted by Crippen LogP contribution is -2.33. The summed E-state index contributed by atoms with van der Waals surface area (Å²) in [5, 5.41) is 10.6. The van der Waals surface area contributed by atoms with Gasteiger partial charge < -0.3 is 5.11 Å². The molecule has 1 heterocycles. The maximum Gasteiger partial charge on any atom is 0.347 e. The second-order valence-corrected chi connectivity index (χ2v) is 7.43. The maximum atomic E-state index is 12.3. The molecule has 0 radical (unpaired) electrons. The zero-order valence-electron chi connectivity index (χ0n) is 12.0. The molecule has 0 aliphatic rings. The van der Waals surface area contributed by atoms with Gasteiger partial charge in [0.1, 0.15) is 9.77 Å². The van der Waals surface area contributed by atoms with E-state index >= 15 is 0 Å². The van der Waals surface area contributed by atoms with Crippen molar-refractivity contribution in [1.82, 2.24) is 4.72 Å². The molecule has 0 aliphatic heterocycles. The minimum Gasteiger partial charge on any atom is -0.477 e. The molecular weight excluding hydrogens is 298 g/mol. The van der Waals surface area contributed by atoms with E-state index < -0.39 is 16.0 Å². The van der Waals surface area contributed by atoms with Gasteiger partial charge >= 0.3 is 5.97 Å². The molecule has 7 heteroatoms. The van der Waals surface area contributed by atoms with E-state index in [1.807, 2.05) is 0 Å². The van der Waals surface area contributed by atoms with Crippen molar-refractivity contribution in [2.45, 2.75) is 57.4 Å². The number of carboxylic acids is 1. The Morgan fingerprint density at radius 1 is 1.45 bits per heavy atom. The summed E-state index contributed by atoms with van der Waals surface area (Å²) in [5.74, 6) is -1.21. The van der Waals surface area contributed by atoms with E-state index in [4.69, 9.17) is 5.11 Å². The first-order valence-corrected chi connectivity index (χ1v) is 8.99. The van der Waals surface area contributed by atoms with Gasteiger partial charge in [-0.1, -0.05) is 26.2 Å². The topological polar surface area (TPSA) is 83.5 Å². The number of nitrogens with one attached hydrogen (secondary N) is 1. The lowest BCUT2D eigenvalue weighted by molar-refractivity contribution is 0.0698. The molecule has 114 valence electrons. The van der Waals surface area contributed by atoms with Crippen LogP contribution < -0.4 is 4.72 Å². The summed E-state index contributed by atoms with van der Waals surface area (Å²) in [6.45, 7) is 5.50. The third-order valence-electron chi connectivity index (χ3n) is 2.98. The molecule has 20 heavy (non-hydrogen) atoms.